The van der Waals surface area contributed by atoms with E-state index in [0.717, 1.165) is 43.4 Å². The van der Waals surface area contributed by atoms with Crippen molar-refractivity contribution in [3.63, 3.8) is 0 Å². The zero-order chi connectivity index (χ0) is 23.3. The van der Waals surface area contributed by atoms with Crippen LogP contribution in [0.5, 0.6) is 0 Å². The summed E-state index contributed by atoms with van der Waals surface area (Å²) in [5.74, 6) is 4.56. The van der Waals surface area contributed by atoms with Gasteiger partial charge in [-0.05, 0) is 91.3 Å². The standard InChI is InChI=1S/C29H48O3/c1-18(2)8-7-9-19(3)23-10-11-24-27-25(13-15-29(23,24)6)28(5)14-12-22(32-20(4)30)16-21(28)17-26(27)31/h18-19,21-25,27H,7-17H2,1-6H3/t19-,21-,22-,23-,24-,25-,27-,28+,29+/m1/s1. The number of esters is 1. The molecule has 3 heteroatoms. The molecule has 9 atom stereocenters. The number of hydrogen-bond donors (Lipinski definition) is 0. The molecule has 4 aliphatic carbocycles. The Morgan fingerprint density at radius 1 is 1.00 bits per heavy atom. The molecule has 0 aromatic rings. The van der Waals surface area contributed by atoms with Crippen LogP contribution in [0.15, 0.2) is 0 Å². The second-order valence-corrected chi connectivity index (χ2v) is 13.1. The summed E-state index contributed by atoms with van der Waals surface area (Å²) in [6.45, 7) is 13.7. The van der Waals surface area contributed by atoms with Crippen LogP contribution in [0.2, 0.25) is 0 Å². The summed E-state index contributed by atoms with van der Waals surface area (Å²) in [6, 6.07) is 0. The second kappa shape index (κ2) is 9.06. The quantitative estimate of drug-likeness (QED) is 0.406. The highest BCUT2D eigenvalue weighted by Gasteiger charge is 2.63. The second-order valence-electron chi connectivity index (χ2n) is 13.1. The molecule has 0 spiro atoms. The minimum Gasteiger partial charge on any atom is -0.463 e. The fourth-order valence-electron chi connectivity index (χ4n) is 9.26. The maximum Gasteiger partial charge on any atom is 0.302 e. The van der Waals surface area contributed by atoms with Gasteiger partial charge in [-0.3, -0.25) is 9.59 Å². The Labute approximate surface area is 196 Å². The number of carbonyl (C=O) groups excluding carboxylic acids is 2. The van der Waals surface area contributed by atoms with Crippen molar-refractivity contribution >= 4 is 11.8 Å². The first-order valence-electron chi connectivity index (χ1n) is 13.8. The highest BCUT2D eigenvalue weighted by atomic mass is 16.5. The van der Waals surface area contributed by atoms with Gasteiger partial charge in [0.05, 0.1) is 0 Å². The Kier molecular flexibility index (Phi) is 6.87. The van der Waals surface area contributed by atoms with E-state index < -0.39 is 0 Å². The van der Waals surface area contributed by atoms with Gasteiger partial charge in [-0.15, -0.1) is 0 Å². The van der Waals surface area contributed by atoms with Gasteiger partial charge in [-0.25, -0.2) is 0 Å². The summed E-state index contributed by atoms with van der Waals surface area (Å²) < 4.78 is 5.58. The van der Waals surface area contributed by atoms with Crippen LogP contribution >= 0.6 is 0 Å². The summed E-state index contributed by atoms with van der Waals surface area (Å²) in [4.78, 5) is 25.2. The lowest BCUT2D eigenvalue weighted by atomic mass is 9.44. The lowest BCUT2D eigenvalue weighted by molar-refractivity contribution is -0.168. The van der Waals surface area contributed by atoms with E-state index in [9.17, 15) is 9.59 Å². The zero-order valence-corrected chi connectivity index (χ0v) is 21.6. The average molecular weight is 445 g/mol. The van der Waals surface area contributed by atoms with E-state index in [0.29, 0.717) is 29.0 Å². The third-order valence-electron chi connectivity index (χ3n) is 11.0. The lowest BCUT2D eigenvalue weighted by Gasteiger charge is -2.60. The van der Waals surface area contributed by atoms with E-state index in [2.05, 4.69) is 34.6 Å². The monoisotopic (exact) mass is 444 g/mol. The van der Waals surface area contributed by atoms with Crippen LogP contribution in [0.1, 0.15) is 112 Å². The molecule has 0 N–H and O–H groups in total. The summed E-state index contributed by atoms with van der Waals surface area (Å²) in [5, 5.41) is 0. The maximum absolute atomic E-state index is 13.7. The fraction of sp³-hybridized carbons (Fsp3) is 0.931. The summed E-state index contributed by atoms with van der Waals surface area (Å²) >= 11 is 0. The van der Waals surface area contributed by atoms with E-state index in [4.69, 9.17) is 4.74 Å². The van der Waals surface area contributed by atoms with Gasteiger partial charge < -0.3 is 4.74 Å². The topological polar surface area (TPSA) is 43.4 Å². The molecule has 0 aromatic carbocycles. The van der Waals surface area contributed by atoms with Crippen LogP contribution in [-0.4, -0.2) is 17.9 Å². The average Bonchev–Trinajstić information content (AvgIpc) is 3.05. The van der Waals surface area contributed by atoms with Crippen LogP contribution in [-0.2, 0) is 14.3 Å². The minimum absolute atomic E-state index is 0.0198. The molecule has 32 heavy (non-hydrogen) atoms. The van der Waals surface area contributed by atoms with Crippen molar-refractivity contribution in [1.82, 2.24) is 0 Å². The molecule has 0 aromatic heterocycles. The third-order valence-corrected chi connectivity index (χ3v) is 11.0. The van der Waals surface area contributed by atoms with Crippen LogP contribution < -0.4 is 0 Å². The summed E-state index contributed by atoms with van der Waals surface area (Å²) in [5.41, 5.74) is 0.601. The number of fused-ring (bicyclic) bond motifs is 5. The van der Waals surface area contributed by atoms with E-state index in [-0.39, 0.29) is 23.4 Å². The smallest absolute Gasteiger partial charge is 0.302 e. The molecule has 0 saturated heterocycles. The molecule has 0 radical (unpaired) electrons. The minimum atomic E-state index is -0.174. The molecule has 0 heterocycles. The third kappa shape index (κ3) is 4.20. The first kappa shape index (κ1) is 24.3. The van der Waals surface area contributed by atoms with Gasteiger partial charge in [0.2, 0.25) is 0 Å². The number of hydrogen-bond acceptors (Lipinski definition) is 3. The molecule has 182 valence electrons. The van der Waals surface area contributed by atoms with Crippen LogP contribution in [0.25, 0.3) is 0 Å². The van der Waals surface area contributed by atoms with Crippen LogP contribution in [0.4, 0.5) is 0 Å². The number of rotatable bonds is 6. The van der Waals surface area contributed by atoms with Crippen molar-refractivity contribution in [2.75, 3.05) is 0 Å². The Morgan fingerprint density at radius 2 is 1.69 bits per heavy atom. The largest absolute Gasteiger partial charge is 0.463 e. The molecule has 4 rings (SSSR count). The van der Waals surface area contributed by atoms with E-state index >= 15 is 0 Å². The van der Waals surface area contributed by atoms with Crippen molar-refractivity contribution in [2.45, 2.75) is 118 Å². The van der Waals surface area contributed by atoms with Gasteiger partial charge in [0, 0.05) is 19.3 Å². The SMILES string of the molecule is CC(=O)O[C@@H]1CC[C@@]2(C)[C@@H](CC(=O)[C@@H]3[C@H]4CC[C@H]([C@H](C)CCCC(C)C)[C@]4(C)CC[C@H]32)C1. The highest BCUT2D eigenvalue weighted by Crippen LogP contribution is 2.67. The first-order chi connectivity index (χ1) is 15.1. The van der Waals surface area contributed by atoms with Crippen molar-refractivity contribution in [2.24, 2.45) is 52.3 Å². The Bertz CT molecular complexity index is 713. The van der Waals surface area contributed by atoms with Gasteiger partial charge in [-0.2, -0.15) is 0 Å². The van der Waals surface area contributed by atoms with Crippen molar-refractivity contribution < 1.29 is 14.3 Å². The van der Waals surface area contributed by atoms with Gasteiger partial charge in [0.15, 0.2) is 0 Å². The number of ketones is 1. The Morgan fingerprint density at radius 3 is 2.38 bits per heavy atom. The van der Waals surface area contributed by atoms with Crippen molar-refractivity contribution in [1.29, 1.82) is 0 Å². The Balaban J connectivity index is 1.48. The van der Waals surface area contributed by atoms with Gasteiger partial charge in [0.25, 0.3) is 0 Å². The van der Waals surface area contributed by atoms with Crippen LogP contribution in [0.3, 0.4) is 0 Å². The molecule has 4 aliphatic rings. The van der Waals surface area contributed by atoms with Gasteiger partial charge >= 0.3 is 5.97 Å². The molecule has 0 bridgehead atoms. The molecule has 0 unspecified atom stereocenters. The lowest BCUT2D eigenvalue weighted by Crippen LogP contribution is -2.57. The molecule has 3 nitrogen and oxygen atoms in total. The van der Waals surface area contributed by atoms with Gasteiger partial charge in [0.1, 0.15) is 11.9 Å². The van der Waals surface area contributed by atoms with Gasteiger partial charge in [-0.1, -0.05) is 53.9 Å². The number of ether oxygens (including phenoxy) is 1. The van der Waals surface area contributed by atoms with E-state index in [1.54, 1.807) is 0 Å². The van der Waals surface area contributed by atoms with Crippen molar-refractivity contribution in [3.05, 3.63) is 0 Å². The molecule has 0 aliphatic heterocycles. The first-order valence-corrected chi connectivity index (χ1v) is 13.8. The maximum atomic E-state index is 13.7. The highest BCUT2D eigenvalue weighted by molar-refractivity contribution is 5.83. The van der Waals surface area contributed by atoms with Crippen LogP contribution in [0, 0.1) is 52.3 Å². The normalized spacial score (nSPS) is 44.5. The summed E-state index contributed by atoms with van der Waals surface area (Å²) in [6.07, 6.45) is 12.9. The molecule has 4 fully saturated rings. The van der Waals surface area contributed by atoms with E-state index in [1.807, 2.05) is 0 Å². The zero-order valence-electron chi connectivity index (χ0n) is 21.6. The molecular formula is C29H48O3. The predicted octanol–water partition coefficient (Wildman–Crippen LogP) is 7.22. The summed E-state index contributed by atoms with van der Waals surface area (Å²) in [7, 11) is 0. The number of carbonyl (C=O) groups is 2. The predicted molar refractivity (Wildman–Crippen MR) is 129 cm³/mol. The molecule has 4 saturated carbocycles. The molecular weight excluding hydrogens is 396 g/mol. The van der Waals surface area contributed by atoms with Crippen molar-refractivity contribution in [3.8, 4) is 0 Å². The van der Waals surface area contributed by atoms with E-state index in [1.165, 1.54) is 51.9 Å². The fourth-order valence-corrected chi connectivity index (χ4v) is 9.26. The number of Topliss-reactive ketones (excluding diaryl/α,β-unsaturated/α-hetero) is 1. The molecule has 0 amide bonds. The Hall–Kier alpha value is -0.860.